The van der Waals surface area contributed by atoms with E-state index in [0.29, 0.717) is 5.56 Å². The Balaban J connectivity index is 3.03. The highest BCUT2D eigenvalue weighted by molar-refractivity contribution is 6.30. The molecule has 0 spiro atoms. The van der Waals surface area contributed by atoms with Crippen LogP contribution in [0.4, 0.5) is 4.39 Å². The number of rotatable bonds is 2. The van der Waals surface area contributed by atoms with Crippen molar-refractivity contribution in [2.45, 2.75) is 13.0 Å². The van der Waals surface area contributed by atoms with Crippen LogP contribution < -0.4 is 0 Å². The Morgan fingerprint density at radius 1 is 1.62 bits per heavy atom. The Bertz CT molecular complexity index is 360. The first-order valence-electron chi connectivity index (χ1n) is 3.64. The van der Waals surface area contributed by atoms with Crippen LogP contribution in [0.3, 0.4) is 0 Å². The first-order valence-corrected chi connectivity index (χ1v) is 4.02. The molecule has 0 N–H and O–H groups in total. The summed E-state index contributed by atoms with van der Waals surface area (Å²) in [5.41, 5.74) is 8.87. The number of hydrogen-bond donors (Lipinski definition) is 0. The van der Waals surface area contributed by atoms with Crippen molar-refractivity contribution in [2.24, 2.45) is 5.11 Å². The van der Waals surface area contributed by atoms with Crippen molar-refractivity contribution in [3.05, 3.63) is 45.0 Å². The first kappa shape index (κ1) is 9.84. The van der Waals surface area contributed by atoms with E-state index < -0.39 is 5.82 Å². The number of hydrogen-bond acceptors (Lipinski definition) is 1. The molecule has 1 atom stereocenters. The van der Waals surface area contributed by atoms with Crippen molar-refractivity contribution in [2.75, 3.05) is 0 Å². The molecule has 0 fully saturated rings. The molecule has 0 amide bonds. The predicted molar refractivity (Wildman–Crippen MR) is 49.0 cm³/mol. The van der Waals surface area contributed by atoms with Crippen LogP contribution in [-0.2, 0) is 0 Å². The van der Waals surface area contributed by atoms with Crippen molar-refractivity contribution in [3.8, 4) is 0 Å². The van der Waals surface area contributed by atoms with Gasteiger partial charge in [0.1, 0.15) is 5.82 Å². The monoisotopic (exact) mass is 199 g/mol. The molecule has 0 heterocycles. The van der Waals surface area contributed by atoms with Gasteiger partial charge in [0.2, 0.25) is 0 Å². The summed E-state index contributed by atoms with van der Waals surface area (Å²) in [6.45, 7) is 1.71. The van der Waals surface area contributed by atoms with Crippen molar-refractivity contribution in [1.29, 1.82) is 0 Å². The molecule has 1 aromatic rings. The van der Waals surface area contributed by atoms with Crippen molar-refractivity contribution in [3.63, 3.8) is 0 Å². The van der Waals surface area contributed by atoms with E-state index in [9.17, 15) is 4.39 Å². The average Bonchev–Trinajstić information content (AvgIpc) is 2.10. The van der Waals surface area contributed by atoms with Gasteiger partial charge >= 0.3 is 0 Å². The lowest BCUT2D eigenvalue weighted by Crippen LogP contribution is -1.89. The number of halogens is 2. The maximum absolute atomic E-state index is 12.7. The summed E-state index contributed by atoms with van der Waals surface area (Å²) in [5, 5.41) is 3.50. The third-order valence-electron chi connectivity index (χ3n) is 1.65. The molecule has 0 saturated heterocycles. The first-order chi connectivity index (χ1) is 6.15. The van der Waals surface area contributed by atoms with Gasteiger partial charge in [0.15, 0.2) is 0 Å². The molecule has 0 aliphatic rings. The Morgan fingerprint density at radius 3 is 2.85 bits per heavy atom. The zero-order chi connectivity index (χ0) is 9.84. The third kappa shape index (κ3) is 2.34. The van der Waals surface area contributed by atoms with E-state index in [1.54, 1.807) is 13.0 Å². The molecular weight excluding hydrogens is 193 g/mol. The van der Waals surface area contributed by atoms with E-state index in [1.165, 1.54) is 12.1 Å². The molecule has 1 rings (SSSR count). The largest absolute Gasteiger partial charge is 0.205 e. The van der Waals surface area contributed by atoms with Crippen molar-refractivity contribution in [1.82, 2.24) is 0 Å². The summed E-state index contributed by atoms with van der Waals surface area (Å²) in [6, 6.07) is 3.92. The molecule has 1 aromatic carbocycles. The van der Waals surface area contributed by atoms with E-state index in [1.807, 2.05) is 0 Å². The van der Waals surface area contributed by atoms with Crippen LogP contribution in [-0.4, -0.2) is 0 Å². The lowest BCUT2D eigenvalue weighted by molar-refractivity contribution is 0.626. The van der Waals surface area contributed by atoms with Crippen LogP contribution in [0.5, 0.6) is 0 Å². The van der Waals surface area contributed by atoms with Gasteiger partial charge in [0, 0.05) is 4.91 Å². The van der Waals surface area contributed by atoms with Gasteiger partial charge in [0.05, 0.1) is 11.1 Å². The van der Waals surface area contributed by atoms with E-state index in [-0.39, 0.29) is 11.1 Å². The van der Waals surface area contributed by atoms with Crippen LogP contribution in [0.2, 0.25) is 5.02 Å². The lowest BCUT2D eigenvalue weighted by Gasteiger charge is -2.04. The molecular formula is C8H7ClFN3. The highest BCUT2D eigenvalue weighted by atomic mass is 35.5. The Morgan fingerprint density at radius 2 is 2.31 bits per heavy atom. The highest BCUT2D eigenvalue weighted by Crippen LogP contribution is 2.22. The van der Waals surface area contributed by atoms with Gasteiger partial charge in [-0.2, -0.15) is 0 Å². The molecule has 0 bridgehead atoms. The van der Waals surface area contributed by atoms with Gasteiger partial charge in [-0.15, -0.1) is 0 Å². The minimum Gasteiger partial charge on any atom is -0.205 e. The molecule has 0 aliphatic carbocycles. The summed E-state index contributed by atoms with van der Waals surface area (Å²) in [4.78, 5) is 2.65. The topological polar surface area (TPSA) is 48.8 Å². The predicted octanol–water partition coefficient (Wildman–Crippen LogP) is 3.85. The zero-order valence-corrected chi connectivity index (χ0v) is 7.66. The molecule has 0 aromatic heterocycles. The fraction of sp³-hybridized carbons (Fsp3) is 0.250. The molecule has 0 radical (unpaired) electrons. The molecule has 5 heteroatoms. The third-order valence-corrected chi connectivity index (χ3v) is 1.94. The van der Waals surface area contributed by atoms with Gasteiger partial charge in [-0.25, -0.2) is 4.39 Å². The number of benzene rings is 1. The van der Waals surface area contributed by atoms with Crippen LogP contribution in [0.1, 0.15) is 18.5 Å². The number of nitrogens with zero attached hydrogens (tertiary/aromatic N) is 3. The molecule has 13 heavy (non-hydrogen) atoms. The minimum atomic E-state index is -0.474. The van der Waals surface area contributed by atoms with E-state index in [2.05, 4.69) is 10.0 Å². The summed E-state index contributed by atoms with van der Waals surface area (Å²) < 4.78 is 12.7. The smallest absolute Gasteiger partial charge is 0.141 e. The number of azide groups is 1. The Hall–Kier alpha value is -1.25. The standard InChI is InChI=1S/C8H7ClFN3/c1-5(12-13-11)6-2-3-8(10)7(9)4-6/h2-5H,1H3/t5-/m1/s1. The zero-order valence-electron chi connectivity index (χ0n) is 6.91. The van der Waals surface area contributed by atoms with E-state index >= 15 is 0 Å². The van der Waals surface area contributed by atoms with Gasteiger partial charge in [-0.3, -0.25) is 0 Å². The summed E-state index contributed by atoms with van der Waals surface area (Å²) in [6.07, 6.45) is 0. The fourth-order valence-corrected chi connectivity index (χ4v) is 1.11. The SMILES string of the molecule is C[C@@H](N=[N+]=[N-])c1ccc(F)c(Cl)c1. The summed E-state index contributed by atoms with van der Waals surface area (Å²) in [7, 11) is 0. The molecule has 0 saturated carbocycles. The second kappa shape index (κ2) is 4.12. The maximum atomic E-state index is 12.7. The van der Waals surface area contributed by atoms with Gasteiger partial charge < -0.3 is 0 Å². The van der Waals surface area contributed by atoms with Gasteiger partial charge in [-0.1, -0.05) is 29.7 Å². The summed E-state index contributed by atoms with van der Waals surface area (Å²) >= 11 is 5.55. The van der Waals surface area contributed by atoms with Crippen LogP contribution in [0.25, 0.3) is 10.4 Å². The minimum absolute atomic E-state index is 0.0393. The Kier molecular flexibility index (Phi) is 3.12. The second-order valence-electron chi connectivity index (χ2n) is 2.55. The van der Waals surface area contributed by atoms with Crippen LogP contribution in [0, 0.1) is 5.82 Å². The second-order valence-corrected chi connectivity index (χ2v) is 2.96. The Labute approximate surface area is 79.8 Å². The van der Waals surface area contributed by atoms with Gasteiger partial charge in [0.25, 0.3) is 0 Å². The lowest BCUT2D eigenvalue weighted by atomic mass is 10.1. The normalized spacial score (nSPS) is 11.9. The fourth-order valence-electron chi connectivity index (χ4n) is 0.916. The molecule has 3 nitrogen and oxygen atoms in total. The van der Waals surface area contributed by atoms with E-state index in [0.717, 1.165) is 0 Å². The molecule has 0 aliphatic heterocycles. The highest BCUT2D eigenvalue weighted by Gasteiger charge is 2.05. The van der Waals surface area contributed by atoms with Crippen LogP contribution >= 0.6 is 11.6 Å². The maximum Gasteiger partial charge on any atom is 0.141 e. The van der Waals surface area contributed by atoms with Crippen LogP contribution in [0.15, 0.2) is 23.3 Å². The van der Waals surface area contributed by atoms with E-state index in [4.69, 9.17) is 17.1 Å². The van der Waals surface area contributed by atoms with Gasteiger partial charge in [-0.05, 0) is 23.2 Å². The van der Waals surface area contributed by atoms with Crippen molar-refractivity contribution >= 4 is 11.6 Å². The van der Waals surface area contributed by atoms with Crippen molar-refractivity contribution < 1.29 is 4.39 Å². The molecule has 68 valence electrons. The average molecular weight is 200 g/mol. The molecule has 0 unspecified atom stereocenters. The quantitative estimate of drug-likeness (QED) is 0.395. The summed E-state index contributed by atoms with van der Waals surface area (Å²) in [5.74, 6) is -0.474.